The summed E-state index contributed by atoms with van der Waals surface area (Å²) in [5.41, 5.74) is 0.399. The Bertz CT molecular complexity index is 712. The molecular weight excluding hydrogens is 308 g/mol. The van der Waals surface area contributed by atoms with Crippen LogP contribution in [0.2, 0.25) is 0 Å². The van der Waals surface area contributed by atoms with E-state index in [4.69, 9.17) is 4.74 Å². The lowest BCUT2D eigenvalue weighted by atomic mass is 10.1. The Morgan fingerprint density at radius 2 is 1.96 bits per heavy atom. The lowest BCUT2D eigenvalue weighted by Crippen LogP contribution is -2.41. The highest BCUT2D eigenvalue weighted by Crippen LogP contribution is 2.33. The first-order valence-electron chi connectivity index (χ1n) is 7.83. The number of carbonyl (C=O) groups excluding carboxylic acids is 1. The molecule has 1 fully saturated rings. The molecule has 2 aromatic rings. The molecule has 0 bridgehead atoms. The van der Waals surface area contributed by atoms with Crippen molar-refractivity contribution in [3.63, 3.8) is 0 Å². The summed E-state index contributed by atoms with van der Waals surface area (Å²) in [6.45, 7) is 0. The van der Waals surface area contributed by atoms with Gasteiger partial charge >= 0.3 is 5.97 Å². The third kappa shape index (κ3) is 4.32. The van der Waals surface area contributed by atoms with Gasteiger partial charge < -0.3 is 15.2 Å². The Labute approximate surface area is 139 Å². The molecule has 2 N–H and O–H groups in total. The number of carboxylic acids is 1. The average Bonchev–Trinajstić information content (AvgIpc) is 3.40. The average molecular weight is 326 g/mol. The Balaban J connectivity index is 1.61. The molecule has 3 rings (SSSR count). The van der Waals surface area contributed by atoms with E-state index in [0.29, 0.717) is 29.4 Å². The zero-order chi connectivity index (χ0) is 16.9. The van der Waals surface area contributed by atoms with Gasteiger partial charge in [0.2, 0.25) is 0 Å². The molecule has 6 heteroatoms. The molecule has 1 atom stereocenters. The summed E-state index contributed by atoms with van der Waals surface area (Å²) in [6, 6.07) is 9.26. The highest BCUT2D eigenvalue weighted by atomic mass is 16.5. The van der Waals surface area contributed by atoms with Crippen molar-refractivity contribution >= 4 is 11.9 Å². The fourth-order valence-electron chi connectivity index (χ4n) is 2.37. The number of carboxylic acid groups (broad SMARTS) is 1. The van der Waals surface area contributed by atoms with Crippen molar-refractivity contribution in [2.45, 2.75) is 25.3 Å². The van der Waals surface area contributed by atoms with Gasteiger partial charge in [-0.1, -0.05) is 12.8 Å². The van der Waals surface area contributed by atoms with Crippen LogP contribution in [0.25, 0.3) is 0 Å². The van der Waals surface area contributed by atoms with Crippen molar-refractivity contribution in [1.29, 1.82) is 0 Å². The molecule has 0 aliphatic heterocycles. The van der Waals surface area contributed by atoms with Gasteiger partial charge in [-0.25, -0.2) is 4.79 Å². The molecule has 24 heavy (non-hydrogen) atoms. The van der Waals surface area contributed by atoms with E-state index >= 15 is 0 Å². The maximum absolute atomic E-state index is 12.2. The molecule has 124 valence electrons. The minimum Gasteiger partial charge on any atom is -0.480 e. The van der Waals surface area contributed by atoms with Crippen molar-refractivity contribution in [3.05, 3.63) is 54.4 Å². The number of nitrogens with zero attached hydrogens (tertiary/aromatic N) is 1. The van der Waals surface area contributed by atoms with E-state index in [-0.39, 0.29) is 0 Å². The zero-order valence-corrected chi connectivity index (χ0v) is 13.0. The van der Waals surface area contributed by atoms with Crippen molar-refractivity contribution in [1.82, 2.24) is 10.3 Å². The topological polar surface area (TPSA) is 88.5 Å². The highest BCUT2D eigenvalue weighted by Gasteiger charge is 2.30. The summed E-state index contributed by atoms with van der Waals surface area (Å²) >= 11 is 0. The smallest absolute Gasteiger partial charge is 0.326 e. The summed E-state index contributed by atoms with van der Waals surface area (Å²) in [5.74, 6) is 0.210. The monoisotopic (exact) mass is 326 g/mol. The number of hydrogen-bond donors (Lipinski definition) is 2. The second kappa shape index (κ2) is 7.12. The summed E-state index contributed by atoms with van der Waals surface area (Å²) in [7, 11) is 0. The number of aliphatic carboxylic acids is 1. The van der Waals surface area contributed by atoms with Gasteiger partial charge in [0.1, 0.15) is 17.5 Å². The number of nitrogens with one attached hydrogen (secondary N) is 1. The number of amides is 1. The highest BCUT2D eigenvalue weighted by molar-refractivity contribution is 5.96. The normalized spacial score (nSPS) is 14.7. The largest absolute Gasteiger partial charge is 0.480 e. The summed E-state index contributed by atoms with van der Waals surface area (Å²) in [6.07, 6.45) is 5.82. The molecule has 0 radical (unpaired) electrons. The summed E-state index contributed by atoms with van der Waals surface area (Å²) in [4.78, 5) is 27.4. The standard InChI is InChI=1S/C18H18N2O4/c21-17(20-16(18(22)23)10-12-3-4-12)13-5-7-14(8-6-13)24-15-2-1-9-19-11-15/h1-2,5-9,11-12,16H,3-4,10H2,(H,20,21)(H,22,23). The van der Waals surface area contributed by atoms with Crippen LogP contribution in [0.15, 0.2) is 48.8 Å². The Morgan fingerprint density at radius 1 is 1.21 bits per heavy atom. The Morgan fingerprint density at radius 3 is 2.54 bits per heavy atom. The first-order chi connectivity index (χ1) is 11.6. The van der Waals surface area contributed by atoms with E-state index in [1.54, 1.807) is 48.8 Å². The van der Waals surface area contributed by atoms with Crippen molar-refractivity contribution in [2.24, 2.45) is 5.92 Å². The molecule has 1 saturated carbocycles. The maximum atomic E-state index is 12.2. The quantitative estimate of drug-likeness (QED) is 0.817. The molecule has 6 nitrogen and oxygen atoms in total. The molecule has 1 aromatic carbocycles. The number of pyridine rings is 1. The maximum Gasteiger partial charge on any atom is 0.326 e. The third-order valence-electron chi connectivity index (χ3n) is 3.86. The van der Waals surface area contributed by atoms with Gasteiger partial charge in [0.25, 0.3) is 5.91 Å². The van der Waals surface area contributed by atoms with E-state index in [0.717, 1.165) is 12.8 Å². The molecule has 1 aromatic heterocycles. The number of carbonyl (C=O) groups is 2. The summed E-state index contributed by atoms with van der Waals surface area (Å²) < 4.78 is 5.60. The molecule has 1 unspecified atom stereocenters. The number of hydrogen-bond acceptors (Lipinski definition) is 4. The van der Waals surface area contributed by atoms with Gasteiger partial charge in [-0.05, 0) is 48.7 Å². The predicted molar refractivity (Wildman–Crippen MR) is 87.0 cm³/mol. The molecule has 1 amide bonds. The SMILES string of the molecule is O=C(NC(CC1CC1)C(=O)O)c1ccc(Oc2cccnc2)cc1. The van der Waals surface area contributed by atoms with Crippen LogP contribution >= 0.6 is 0 Å². The van der Waals surface area contributed by atoms with Crippen LogP contribution in [0.1, 0.15) is 29.6 Å². The lowest BCUT2D eigenvalue weighted by Gasteiger charge is -2.14. The third-order valence-corrected chi connectivity index (χ3v) is 3.86. The van der Waals surface area contributed by atoms with Gasteiger partial charge in [0.15, 0.2) is 0 Å². The van der Waals surface area contributed by atoms with E-state index in [9.17, 15) is 14.7 Å². The molecule has 1 aliphatic carbocycles. The molecular formula is C18H18N2O4. The second-order valence-corrected chi connectivity index (χ2v) is 5.86. The number of benzene rings is 1. The zero-order valence-electron chi connectivity index (χ0n) is 13.0. The minimum atomic E-state index is -0.994. The molecule has 0 saturated heterocycles. The number of aromatic nitrogens is 1. The Kier molecular flexibility index (Phi) is 4.74. The fourth-order valence-corrected chi connectivity index (χ4v) is 2.37. The number of rotatable bonds is 7. The van der Waals surface area contributed by atoms with Crippen LogP contribution in [-0.4, -0.2) is 28.0 Å². The van der Waals surface area contributed by atoms with E-state index in [2.05, 4.69) is 10.3 Å². The van der Waals surface area contributed by atoms with E-state index in [1.165, 1.54) is 0 Å². The second-order valence-electron chi connectivity index (χ2n) is 5.86. The fraction of sp³-hybridized carbons (Fsp3) is 0.278. The number of ether oxygens (including phenoxy) is 1. The van der Waals surface area contributed by atoms with Gasteiger partial charge in [0, 0.05) is 11.8 Å². The van der Waals surface area contributed by atoms with Crippen molar-refractivity contribution in [3.8, 4) is 11.5 Å². The molecule has 1 aliphatic rings. The Hall–Kier alpha value is -2.89. The molecule has 1 heterocycles. The van der Waals surface area contributed by atoms with E-state index < -0.39 is 17.9 Å². The van der Waals surface area contributed by atoms with Gasteiger partial charge in [0.05, 0.1) is 6.20 Å². The molecule has 0 spiro atoms. The van der Waals surface area contributed by atoms with Gasteiger partial charge in [-0.15, -0.1) is 0 Å². The minimum absolute atomic E-state index is 0.393. The van der Waals surface area contributed by atoms with Crippen molar-refractivity contribution in [2.75, 3.05) is 0 Å². The van der Waals surface area contributed by atoms with Crippen LogP contribution in [0.4, 0.5) is 0 Å². The van der Waals surface area contributed by atoms with Crippen LogP contribution in [0.3, 0.4) is 0 Å². The van der Waals surface area contributed by atoms with Gasteiger partial charge in [-0.2, -0.15) is 0 Å². The van der Waals surface area contributed by atoms with Crippen LogP contribution < -0.4 is 10.1 Å². The first kappa shape index (κ1) is 16.0. The van der Waals surface area contributed by atoms with Crippen LogP contribution in [0.5, 0.6) is 11.5 Å². The van der Waals surface area contributed by atoms with Crippen LogP contribution in [0, 0.1) is 5.92 Å². The van der Waals surface area contributed by atoms with Crippen molar-refractivity contribution < 1.29 is 19.4 Å². The summed E-state index contributed by atoms with van der Waals surface area (Å²) in [5, 5.41) is 11.8. The predicted octanol–water partition coefficient (Wildman–Crippen LogP) is 2.86. The lowest BCUT2D eigenvalue weighted by molar-refractivity contribution is -0.139. The van der Waals surface area contributed by atoms with Gasteiger partial charge in [-0.3, -0.25) is 9.78 Å². The van der Waals surface area contributed by atoms with E-state index in [1.807, 2.05) is 0 Å². The van der Waals surface area contributed by atoms with Crippen LogP contribution in [-0.2, 0) is 4.79 Å². The first-order valence-corrected chi connectivity index (χ1v) is 7.83.